The highest BCUT2D eigenvalue weighted by Gasteiger charge is 2.33. The number of hydrogen-bond acceptors (Lipinski definition) is 4. The molecule has 29 heavy (non-hydrogen) atoms. The normalized spacial score (nSPS) is 14.2. The van der Waals surface area contributed by atoms with Crippen molar-refractivity contribution in [3.63, 3.8) is 0 Å². The van der Waals surface area contributed by atoms with Gasteiger partial charge in [0.2, 0.25) is 15.0 Å². The predicted molar refractivity (Wildman–Crippen MR) is 120 cm³/mol. The Kier molecular flexibility index (Phi) is 6.86. The number of nitrogens with zero attached hydrogens (tertiary/aromatic N) is 3. The highest BCUT2D eigenvalue weighted by molar-refractivity contribution is 7.90. The molecule has 2 aromatic rings. The van der Waals surface area contributed by atoms with Gasteiger partial charge in [0.25, 0.3) is 0 Å². The molecule has 0 radical (unpaired) electrons. The van der Waals surface area contributed by atoms with E-state index in [0.29, 0.717) is 28.3 Å². The molecule has 0 spiro atoms. The van der Waals surface area contributed by atoms with E-state index in [4.69, 9.17) is 23.8 Å². The molecule has 6 nitrogen and oxygen atoms in total. The van der Waals surface area contributed by atoms with E-state index in [9.17, 15) is 8.42 Å². The minimum absolute atomic E-state index is 0.0506. The molecular weight excluding hydrogens is 428 g/mol. The van der Waals surface area contributed by atoms with Crippen LogP contribution in [-0.4, -0.2) is 40.6 Å². The summed E-state index contributed by atoms with van der Waals surface area (Å²) in [6.07, 6.45) is 3.86. The SMILES string of the molecule is CCNC(=S)N(Cc1cnc(S(=O)(=O)Cc2cccc(Cl)c2)n1C(C)C)C1CC1. The van der Waals surface area contributed by atoms with E-state index in [2.05, 4.69) is 15.2 Å². The minimum Gasteiger partial charge on any atom is -0.363 e. The van der Waals surface area contributed by atoms with Crippen LogP contribution in [0.1, 0.15) is 50.9 Å². The number of halogens is 1. The summed E-state index contributed by atoms with van der Waals surface area (Å²) in [4.78, 5) is 6.46. The molecule has 3 rings (SSSR count). The number of nitrogens with one attached hydrogen (secondary N) is 1. The summed E-state index contributed by atoms with van der Waals surface area (Å²) < 4.78 is 28.1. The van der Waals surface area contributed by atoms with Crippen LogP contribution >= 0.6 is 23.8 Å². The molecule has 1 saturated carbocycles. The molecule has 1 N–H and O–H groups in total. The van der Waals surface area contributed by atoms with E-state index in [1.807, 2.05) is 25.3 Å². The maximum Gasteiger partial charge on any atom is 0.228 e. The Balaban J connectivity index is 1.91. The zero-order chi connectivity index (χ0) is 21.2. The first-order valence-corrected chi connectivity index (χ1v) is 12.2. The number of aromatic nitrogens is 2. The van der Waals surface area contributed by atoms with Crippen LogP contribution < -0.4 is 5.32 Å². The number of imidazole rings is 1. The Hall–Kier alpha value is -1.64. The molecule has 9 heteroatoms. The zero-order valence-corrected chi connectivity index (χ0v) is 19.3. The average Bonchev–Trinajstić information content (AvgIpc) is 3.37. The van der Waals surface area contributed by atoms with E-state index < -0.39 is 9.84 Å². The molecule has 1 heterocycles. The largest absolute Gasteiger partial charge is 0.363 e. The van der Waals surface area contributed by atoms with Crippen molar-refractivity contribution < 1.29 is 8.42 Å². The topological polar surface area (TPSA) is 67.2 Å². The van der Waals surface area contributed by atoms with Gasteiger partial charge in [-0.15, -0.1) is 0 Å². The lowest BCUT2D eigenvalue weighted by molar-refractivity contribution is 0.373. The Bertz CT molecular complexity index is 984. The molecule has 0 bridgehead atoms. The second kappa shape index (κ2) is 9.02. The zero-order valence-electron chi connectivity index (χ0n) is 16.9. The van der Waals surface area contributed by atoms with Gasteiger partial charge in [0.05, 0.1) is 24.2 Å². The van der Waals surface area contributed by atoms with Gasteiger partial charge in [-0.25, -0.2) is 13.4 Å². The molecule has 0 atom stereocenters. The third-order valence-corrected chi connectivity index (χ3v) is 6.97. The smallest absolute Gasteiger partial charge is 0.228 e. The number of sulfone groups is 1. The average molecular weight is 455 g/mol. The molecule has 0 saturated heterocycles. The van der Waals surface area contributed by atoms with Crippen molar-refractivity contribution in [1.82, 2.24) is 19.8 Å². The van der Waals surface area contributed by atoms with Gasteiger partial charge in [-0.2, -0.15) is 0 Å². The summed E-state index contributed by atoms with van der Waals surface area (Å²) in [7, 11) is -3.63. The molecule has 0 amide bonds. The Morgan fingerprint density at radius 1 is 1.41 bits per heavy atom. The summed E-state index contributed by atoms with van der Waals surface area (Å²) in [5, 5.41) is 4.52. The number of thiocarbonyl (C=S) groups is 1. The first kappa shape index (κ1) is 22.1. The molecule has 0 unspecified atom stereocenters. The maximum atomic E-state index is 13.1. The molecule has 0 aliphatic heterocycles. The fourth-order valence-electron chi connectivity index (χ4n) is 3.37. The second-order valence-corrected chi connectivity index (χ2v) is 10.3. The fourth-order valence-corrected chi connectivity index (χ4v) is 5.53. The molecule has 1 aliphatic carbocycles. The van der Waals surface area contributed by atoms with Gasteiger partial charge in [-0.3, -0.25) is 0 Å². The van der Waals surface area contributed by atoms with Crippen LogP contribution in [0, 0.1) is 0 Å². The second-order valence-electron chi connectivity index (χ2n) is 7.58. The van der Waals surface area contributed by atoms with Crippen LogP contribution in [0.25, 0.3) is 0 Å². The third-order valence-electron chi connectivity index (χ3n) is 4.79. The van der Waals surface area contributed by atoms with Crippen LogP contribution in [0.15, 0.2) is 35.6 Å². The van der Waals surface area contributed by atoms with E-state index in [0.717, 1.165) is 25.1 Å². The first-order valence-electron chi connectivity index (χ1n) is 9.80. The van der Waals surface area contributed by atoms with Crippen LogP contribution in [0.2, 0.25) is 5.02 Å². The highest BCUT2D eigenvalue weighted by atomic mass is 35.5. The van der Waals surface area contributed by atoms with E-state index >= 15 is 0 Å². The van der Waals surface area contributed by atoms with Gasteiger partial charge < -0.3 is 14.8 Å². The number of benzene rings is 1. The van der Waals surface area contributed by atoms with Crippen molar-refractivity contribution in [3.8, 4) is 0 Å². The third kappa shape index (κ3) is 5.29. The summed E-state index contributed by atoms with van der Waals surface area (Å²) in [5.74, 6) is -0.140. The van der Waals surface area contributed by atoms with Crippen LogP contribution in [0.4, 0.5) is 0 Å². The molecule has 1 fully saturated rings. The van der Waals surface area contributed by atoms with Crippen LogP contribution in [-0.2, 0) is 22.1 Å². The lowest BCUT2D eigenvalue weighted by Crippen LogP contribution is -2.41. The van der Waals surface area contributed by atoms with Crippen molar-refractivity contribution in [2.24, 2.45) is 0 Å². The molecule has 158 valence electrons. The van der Waals surface area contributed by atoms with Gasteiger partial charge in [0.15, 0.2) is 5.11 Å². The van der Waals surface area contributed by atoms with Crippen molar-refractivity contribution in [2.45, 2.75) is 63.2 Å². The Labute approximate surface area is 183 Å². The Morgan fingerprint density at radius 3 is 2.72 bits per heavy atom. The fraction of sp³-hybridized carbons (Fsp3) is 0.500. The van der Waals surface area contributed by atoms with Gasteiger partial charge in [-0.1, -0.05) is 23.7 Å². The first-order chi connectivity index (χ1) is 13.7. The maximum absolute atomic E-state index is 13.1. The van der Waals surface area contributed by atoms with E-state index in [-0.39, 0.29) is 17.0 Å². The summed E-state index contributed by atoms with van der Waals surface area (Å²) in [6.45, 7) is 7.23. The highest BCUT2D eigenvalue weighted by Crippen LogP contribution is 2.30. The lowest BCUT2D eigenvalue weighted by atomic mass is 10.2. The van der Waals surface area contributed by atoms with Gasteiger partial charge in [0, 0.05) is 23.7 Å². The van der Waals surface area contributed by atoms with E-state index in [1.165, 1.54) is 0 Å². The summed E-state index contributed by atoms with van der Waals surface area (Å²) in [6, 6.07) is 7.27. The Morgan fingerprint density at radius 2 is 2.14 bits per heavy atom. The van der Waals surface area contributed by atoms with Crippen molar-refractivity contribution in [2.75, 3.05) is 6.54 Å². The summed E-state index contributed by atoms with van der Waals surface area (Å²) >= 11 is 11.5. The van der Waals surface area contributed by atoms with Crippen LogP contribution in [0.3, 0.4) is 0 Å². The molecule has 1 aromatic heterocycles. The van der Waals surface area contributed by atoms with Crippen molar-refractivity contribution in [1.29, 1.82) is 0 Å². The monoisotopic (exact) mass is 454 g/mol. The molecule has 1 aliphatic rings. The summed E-state index contributed by atoms with van der Waals surface area (Å²) in [5.41, 5.74) is 1.49. The quantitative estimate of drug-likeness (QED) is 0.609. The van der Waals surface area contributed by atoms with Gasteiger partial charge >= 0.3 is 0 Å². The predicted octanol–water partition coefficient (Wildman–Crippen LogP) is 3.95. The number of hydrogen-bond donors (Lipinski definition) is 1. The molecular formula is C20H27ClN4O2S2. The number of rotatable bonds is 8. The lowest BCUT2D eigenvalue weighted by Gasteiger charge is -2.27. The van der Waals surface area contributed by atoms with E-state index in [1.54, 1.807) is 30.5 Å². The van der Waals surface area contributed by atoms with Gasteiger partial charge in [-0.05, 0) is 63.5 Å². The molecule has 1 aromatic carbocycles. The van der Waals surface area contributed by atoms with Crippen molar-refractivity contribution in [3.05, 3.63) is 46.7 Å². The van der Waals surface area contributed by atoms with Crippen LogP contribution in [0.5, 0.6) is 0 Å². The van der Waals surface area contributed by atoms with Crippen molar-refractivity contribution >= 4 is 38.8 Å². The standard InChI is InChI=1S/C20H27ClN4O2S2/c1-4-22-19(28)24(17-8-9-17)12-18-11-23-20(25(18)14(2)3)29(26,27)13-15-6-5-7-16(21)10-15/h5-7,10-11,14,17H,4,8-9,12-13H2,1-3H3,(H,22,28). The minimum atomic E-state index is -3.63. The van der Waals surface area contributed by atoms with Gasteiger partial charge in [0.1, 0.15) is 0 Å².